The van der Waals surface area contributed by atoms with Gasteiger partial charge in [-0.3, -0.25) is 0 Å². The van der Waals surface area contributed by atoms with Gasteiger partial charge >= 0.3 is 0 Å². The highest BCUT2D eigenvalue weighted by atomic mass is 35.5. The summed E-state index contributed by atoms with van der Waals surface area (Å²) in [7, 11) is 0. The largest absolute Gasteiger partial charge is 0.492 e. The minimum Gasteiger partial charge on any atom is -0.492 e. The molecule has 0 fully saturated rings. The van der Waals surface area contributed by atoms with Crippen molar-refractivity contribution in [2.75, 3.05) is 5.73 Å². The Morgan fingerprint density at radius 1 is 1.56 bits per heavy atom. The van der Waals surface area contributed by atoms with E-state index in [4.69, 9.17) is 27.8 Å². The molecule has 0 amide bonds. The number of hydrogen-bond donors (Lipinski definition) is 3. The van der Waals surface area contributed by atoms with Gasteiger partial charge in [0.05, 0.1) is 12.5 Å². The first-order chi connectivity index (χ1) is 12.0. The fraction of sp³-hybridized carbons (Fsp3) is 0.312. The maximum Gasteiger partial charge on any atom is 0.190 e. The summed E-state index contributed by atoms with van der Waals surface area (Å²) >= 11 is 5.62. The monoisotopic (exact) mass is 364 g/mol. The van der Waals surface area contributed by atoms with Crippen molar-refractivity contribution in [3.05, 3.63) is 47.2 Å². The van der Waals surface area contributed by atoms with E-state index in [-0.39, 0.29) is 22.6 Å². The van der Waals surface area contributed by atoms with E-state index in [9.17, 15) is 4.39 Å². The van der Waals surface area contributed by atoms with Crippen LogP contribution in [0.3, 0.4) is 0 Å². The molecule has 0 spiro atoms. The van der Waals surface area contributed by atoms with Gasteiger partial charge in [-0.05, 0) is 12.5 Å². The second kappa shape index (κ2) is 7.10. The summed E-state index contributed by atoms with van der Waals surface area (Å²) in [4.78, 5) is 12.7. The minimum absolute atomic E-state index is 0.0769. The lowest BCUT2D eigenvalue weighted by Crippen LogP contribution is -2.20. The molecular weight excluding hydrogens is 347 g/mol. The second-order valence-electron chi connectivity index (χ2n) is 5.60. The fourth-order valence-corrected chi connectivity index (χ4v) is 2.83. The SMILES string of the molecule is CCC1C(c2nc(N)c(F)c(C3CC=CO3)n2)=CN/C1=N/C=C(\N)Cl. The molecule has 0 radical (unpaired) electrons. The van der Waals surface area contributed by atoms with Crippen molar-refractivity contribution in [2.24, 2.45) is 16.6 Å². The predicted octanol–water partition coefficient (Wildman–Crippen LogP) is 2.54. The summed E-state index contributed by atoms with van der Waals surface area (Å²) in [5.74, 6) is 0.0441. The third-order valence-electron chi connectivity index (χ3n) is 3.97. The second-order valence-corrected chi connectivity index (χ2v) is 6.03. The van der Waals surface area contributed by atoms with Gasteiger partial charge < -0.3 is 21.5 Å². The Kier molecular flexibility index (Phi) is 4.89. The van der Waals surface area contributed by atoms with Gasteiger partial charge in [0.2, 0.25) is 0 Å². The number of nitrogen functional groups attached to an aromatic ring is 1. The molecule has 7 nitrogen and oxygen atoms in total. The van der Waals surface area contributed by atoms with Gasteiger partial charge in [-0.25, -0.2) is 19.4 Å². The van der Waals surface area contributed by atoms with E-state index in [2.05, 4.69) is 20.3 Å². The Morgan fingerprint density at radius 2 is 2.36 bits per heavy atom. The Balaban J connectivity index is 1.96. The number of nitrogens with zero attached hydrogens (tertiary/aromatic N) is 3. The van der Waals surface area contributed by atoms with Gasteiger partial charge in [-0.15, -0.1) is 0 Å². The molecule has 1 aromatic rings. The molecule has 9 heteroatoms. The zero-order valence-electron chi connectivity index (χ0n) is 13.5. The number of anilines is 1. The first-order valence-electron chi connectivity index (χ1n) is 7.80. The molecule has 0 saturated carbocycles. The molecule has 3 heterocycles. The first-order valence-corrected chi connectivity index (χ1v) is 8.18. The van der Waals surface area contributed by atoms with Gasteiger partial charge in [0.15, 0.2) is 17.5 Å². The molecule has 25 heavy (non-hydrogen) atoms. The molecule has 5 N–H and O–H groups in total. The van der Waals surface area contributed by atoms with Crippen LogP contribution in [0.25, 0.3) is 5.57 Å². The summed E-state index contributed by atoms with van der Waals surface area (Å²) in [6, 6.07) is 0. The average Bonchev–Trinajstić information content (AvgIpc) is 3.24. The molecule has 0 bridgehead atoms. The van der Waals surface area contributed by atoms with Crippen molar-refractivity contribution in [3.63, 3.8) is 0 Å². The highest BCUT2D eigenvalue weighted by Crippen LogP contribution is 2.33. The fourth-order valence-electron chi connectivity index (χ4n) is 2.78. The third-order valence-corrected chi connectivity index (χ3v) is 4.07. The predicted molar refractivity (Wildman–Crippen MR) is 94.4 cm³/mol. The van der Waals surface area contributed by atoms with Crippen LogP contribution in [0.5, 0.6) is 0 Å². The number of aliphatic imine (C=N–C) groups is 1. The molecule has 2 aliphatic heterocycles. The normalized spacial score (nSPS) is 24.4. The minimum atomic E-state index is -0.649. The van der Waals surface area contributed by atoms with E-state index in [1.165, 1.54) is 12.5 Å². The smallest absolute Gasteiger partial charge is 0.190 e. The van der Waals surface area contributed by atoms with E-state index in [0.717, 1.165) is 12.0 Å². The van der Waals surface area contributed by atoms with Crippen molar-refractivity contribution in [2.45, 2.75) is 25.9 Å². The van der Waals surface area contributed by atoms with Crippen LogP contribution in [0.4, 0.5) is 10.2 Å². The highest BCUT2D eigenvalue weighted by molar-refractivity contribution is 6.29. The lowest BCUT2D eigenvalue weighted by Gasteiger charge is -2.16. The highest BCUT2D eigenvalue weighted by Gasteiger charge is 2.30. The van der Waals surface area contributed by atoms with Crippen molar-refractivity contribution < 1.29 is 9.13 Å². The number of nitrogens with two attached hydrogens (primary N) is 2. The number of aromatic nitrogens is 2. The summed E-state index contributed by atoms with van der Waals surface area (Å²) in [5.41, 5.74) is 12.1. The number of amidine groups is 1. The zero-order chi connectivity index (χ0) is 18.0. The lowest BCUT2D eigenvalue weighted by atomic mass is 9.97. The van der Waals surface area contributed by atoms with E-state index in [0.29, 0.717) is 18.1 Å². The van der Waals surface area contributed by atoms with Crippen LogP contribution in [-0.2, 0) is 4.74 Å². The molecular formula is C16H18ClFN6O. The molecule has 2 unspecified atom stereocenters. The van der Waals surface area contributed by atoms with Crippen LogP contribution in [0.2, 0.25) is 0 Å². The molecule has 0 aromatic carbocycles. The summed E-state index contributed by atoms with van der Waals surface area (Å²) in [6.45, 7) is 1.99. The standard InChI is InChI=1S/C16H18ClFN6O/c1-2-8-9(6-21-15(8)22-7-11(17)19)16-23-13(10-4-3-5-25-10)12(18)14(20)24-16/h3,5-8,10H,2,4,19H2,1H3,(H,21,22)(H2,20,23,24)/b11-7-. The lowest BCUT2D eigenvalue weighted by molar-refractivity contribution is 0.164. The maximum absolute atomic E-state index is 14.3. The summed E-state index contributed by atoms with van der Waals surface area (Å²) in [6.07, 6.45) is 7.19. The maximum atomic E-state index is 14.3. The van der Waals surface area contributed by atoms with Crippen molar-refractivity contribution in [3.8, 4) is 0 Å². The number of ether oxygens (including phenoxy) is 1. The molecule has 2 aliphatic rings. The van der Waals surface area contributed by atoms with Gasteiger partial charge in [-0.2, -0.15) is 0 Å². The van der Waals surface area contributed by atoms with Crippen LogP contribution in [0.15, 0.2) is 34.9 Å². The molecule has 0 saturated heterocycles. The molecule has 2 atom stereocenters. The van der Waals surface area contributed by atoms with E-state index in [1.807, 2.05) is 6.92 Å². The topological polar surface area (TPSA) is 111 Å². The molecule has 132 valence electrons. The zero-order valence-corrected chi connectivity index (χ0v) is 14.3. The van der Waals surface area contributed by atoms with Gasteiger partial charge in [0, 0.05) is 24.1 Å². The van der Waals surface area contributed by atoms with Gasteiger partial charge in [-0.1, -0.05) is 18.5 Å². The Hall–Kier alpha value is -2.61. The Bertz CT molecular complexity index is 792. The van der Waals surface area contributed by atoms with Crippen LogP contribution in [0.1, 0.15) is 37.4 Å². The van der Waals surface area contributed by atoms with Gasteiger partial charge in [0.1, 0.15) is 22.8 Å². The van der Waals surface area contributed by atoms with Crippen LogP contribution < -0.4 is 16.8 Å². The number of nitrogens with one attached hydrogen (secondary N) is 1. The van der Waals surface area contributed by atoms with E-state index < -0.39 is 11.9 Å². The number of rotatable bonds is 4. The molecule has 0 aliphatic carbocycles. The van der Waals surface area contributed by atoms with Crippen molar-refractivity contribution in [1.82, 2.24) is 15.3 Å². The van der Waals surface area contributed by atoms with Crippen LogP contribution in [0, 0.1) is 11.7 Å². The quantitative estimate of drug-likeness (QED) is 0.708. The number of halogens is 2. The van der Waals surface area contributed by atoms with Crippen LogP contribution >= 0.6 is 11.6 Å². The van der Waals surface area contributed by atoms with Crippen molar-refractivity contribution >= 4 is 28.8 Å². The Labute approximate surface area is 149 Å². The first kappa shape index (κ1) is 17.2. The molecule has 3 rings (SSSR count). The third kappa shape index (κ3) is 3.43. The summed E-state index contributed by atoms with van der Waals surface area (Å²) < 4.78 is 19.7. The average molecular weight is 365 g/mol. The number of hydrogen-bond acceptors (Lipinski definition) is 6. The van der Waals surface area contributed by atoms with Crippen LogP contribution in [-0.4, -0.2) is 15.8 Å². The summed E-state index contributed by atoms with van der Waals surface area (Å²) in [5, 5.41) is 3.13. The Morgan fingerprint density at radius 3 is 3.00 bits per heavy atom. The van der Waals surface area contributed by atoms with Gasteiger partial charge in [0.25, 0.3) is 0 Å². The van der Waals surface area contributed by atoms with E-state index >= 15 is 0 Å². The van der Waals surface area contributed by atoms with E-state index in [1.54, 1.807) is 12.3 Å². The van der Waals surface area contributed by atoms with Crippen molar-refractivity contribution in [1.29, 1.82) is 0 Å². The molecule has 1 aromatic heterocycles.